The molecular weight excluding hydrogens is 360 g/mol. The molecule has 0 fully saturated rings. The summed E-state index contributed by atoms with van der Waals surface area (Å²) in [6.07, 6.45) is 1.46. The summed E-state index contributed by atoms with van der Waals surface area (Å²) >= 11 is 1.54. The number of nitrogens with zero attached hydrogens (tertiary/aromatic N) is 2. The Labute approximate surface area is 163 Å². The Hall–Kier alpha value is -2.41. The topological polar surface area (TPSA) is 88.3 Å². The van der Waals surface area contributed by atoms with Crippen molar-refractivity contribution < 1.29 is 9.59 Å². The summed E-state index contributed by atoms with van der Waals surface area (Å²) < 4.78 is 0. The first-order valence-corrected chi connectivity index (χ1v) is 9.99. The Kier molecular flexibility index (Phi) is 5.24. The molecule has 0 atom stereocenters. The number of hydrogen-bond donors (Lipinski definition) is 2. The van der Waals surface area contributed by atoms with E-state index in [0.717, 1.165) is 23.2 Å². The molecule has 0 bridgehead atoms. The molecule has 3 rings (SSSR count). The van der Waals surface area contributed by atoms with E-state index in [1.54, 1.807) is 22.3 Å². The molecule has 2 aromatic rings. The molecule has 7 heteroatoms. The third-order valence-corrected chi connectivity index (χ3v) is 6.18. The van der Waals surface area contributed by atoms with Crippen molar-refractivity contribution in [1.29, 1.82) is 0 Å². The molecule has 6 nitrogen and oxygen atoms in total. The molecule has 2 heterocycles. The number of hydrogen-bond acceptors (Lipinski definition) is 4. The van der Waals surface area contributed by atoms with Gasteiger partial charge in [0, 0.05) is 23.5 Å². The minimum atomic E-state index is -0.422. The van der Waals surface area contributed by atoms with E-state index < -0.39 is 5.91 Å². The Morgan fingerprint density at radius 3 is 2.67 bits per heavy atom. The van der Waals surface area contributed by atoms with Gasteiger partial charge >= 0.3 is 6.03 Å². The average Bonchev–Trinajstić information content (AvgIpc) is 3.03. The van der Waals surface area contributed by atoms with Crippen molar-refractivity contribution in [3.63, 3.8) is 0 Å². The van der Waals surface area contributed by atoms with Gasteiger partial charge in [-0.25, -0.2) is 9.78 Å². The van der Waals surface area contributed by atoms with Crippen LogP contribution in [0.4, 0.5) is 9.93 Å². The highest BCUT2D eigenvalue weighted by Gasteiger charge is 2.26. The van der Waals surface area contributed by atoms with E-state index in [9.17, 15) is 9.59 Å². The van der Waals surface area contributed by atoms with Gasteiger partial charge in [-0.05, 0) is 35.4 Å². The van der Waals surface area contributed by atoms with Crippen molar-refractivity contribution in [1.82, 2.24) is 9.88 Å². The van der Waals surface area contributed by atoms with E-state index in [2.05, 4.69) is 38.0 Å². The summed E-state index contributed by atoms with van der Waals surface area (Å²) in [5.74, 6) is -0.422. The van der Waals surface area contributed by atoms with Crippen LogP contribution in [0.3, 0.4) is 0 Å². The molecule has 0 aliphatic carbocycles. The molecule has 0 saturated heterocycles. The van der Waals surface area contributed by atoms with E-state index in [-0.39, 0.29) is 11.4 Å². The summed E-state index contributed by atoms with van der Waals surface area (Å²) in [6.45, 7) is 9.55. The van der Waals surface area contributed by atoms with Crippen LogP contribution in [0.15, 0.2) is 18.2 Å². The first kappa shape index (κ1) is 19.4. The zero-order valence-corrected chi connectivity index (χ0v) is 17.1. The standard InChI is InChI=1S/C20H26N4O2S/c1-5-15-16(20(2,3)4)27-18(22-15)23-19(26)24-10-9-13-12(11-24)7-6-8-14(13)17(21)25/h6-8H,5,9-11H2,1-4H3,(H2,21,25)(H,22,23,26). The lowest BCUT2D eigenvalue weighted by Crippen LogP contribution is -2.39. The van der Waals surface area contributed by atoms with Crippen LogP contribution in [0.5, 0.6) is 0 Å². The second-order valence-electron chi connectivity index (χ2n) is 7.81. The lowest BCUT2D eigenvalue weighted by molar-refractivity contribution is 0.0999. The molecule has 144 valence electrons. The number of anilines is 1. The molecule has 3 N–H and O–H groups in total. The highest BCUT2D eigenvalue weighted by Crippen LogP contribution is 2.34. The third kappa shape index (κ3) is 3.98. The van der Waals surface area contributed by atoms with Crippen LogP contribution in [0.1, 0.15) is 59.8 Å². The number of aryl methyl sites for hydroxylation is 1. The van der Waals surface area contributed by atoms with E-state index >= 15 is 0 Å². The number of rotatable bonds is 3. The van der Waals surface area contributed by atoms with Gasteiger partial charge in [-0.15, -0.1) is 11.3 Å². The number of carbonyl (C=O) groups is 2. The monoisotopic (exact) mass is 386 g/mol. The van der Waals surface area contributed by atoms with Crippen molar-refractivity contribution >= 4 is 28.4 Å². The maximum absolute atomic E-state index is 12.7. The Bertz CT molecular complexity index is 883. The van der Waals surface area contributed by atoms with Crippen molar-refractivity contribution in [2.45, 2.75) is 52.5 Å². The van der Waals surface area contributed by atoms with E-state index in [4.69, 9.17) is 5.73 Å². The van der Waals surface area contributed by atoms with Gasteiger partial charge < -0.3 is 10.6 Å². The molecule has 1 aliphatic heterocycles. The fraction of sp³-hybridized carbons (Fsp3) is 0.450. The van der Waals surface area contributed by atoms with Gasteiger partial charge in [-0.1, -0.05) is 39.8 Å². The fourth-order valence-electron chi connectivity index (χ4n) is 3.41. The Morgan fingerprint density at radius 1 is 1.33 bits per heavy atom. The van der Waals surface area contributed by atoms with Gasteiger partial charge in [0.1, 0.15) is 0 Å². The second-order valence-corrected chi connectivity index (χ2v) is 8.81. The smallest absolute Gasteiger partial charge is 0.323 e. The quantitative estimate of drug-likeness (QED) is 0.843. The first-order valence-electron chi connectivity index (χ1n) is 9.17. The fourth-order valence-corrected chi connectivity index (χ4v) is 4.52. The number of carbonyl (C=O) groups excluding carboxylic acids is 2. The maximum atomic E-state index is 12.7. The zero-order chi connectivity index (χ0) is 19.8. The molecule has 27 heavy (non-hydrogen) atoms. The number of primary amides is 1. The van der Waals surface area contributed by atoms with Gasteiger partial charge in [0.15, 0.2) is 5.13 Å². The molecule has 0 spiro atoms. The van der Waals surface area contributed by atoms with Crippen molar-refractivity contribution in [2.24, 2.45) is 5.73 Å². The summed E-state index contributed by atoms with van der Waals surface area (Å²) in [4.78, 5) is 31.9. The zero-order valence-electron chi connectivity index (χ0n) is 16.3. The predicted molar refractivity (Wildman–Crippen MR) is 108 cm³/mol. The third-order valence-electron chi connectivity index (χ3n) is 4.75. The molecule has 1 aromatic carbocycles. The molecule has 0 saturated carbocycles. The van der Waals surface area contributed by atoms with Gasteiger partial charge in [-0.2, -0.15) is 0 Å². The number of benzene rings is 1. The predicted octanol–water partition coefficient (Wildman–Crippen LogP) is 3.69. The molecule has 1 aliphatic rings. The molecule has 0 radical (unpaired) electrons. The van der Waals surface area contributed by atoms with Crippen LogP contribution in [0.25, 0.3) is 0 Å². The van der Waals surface area contributed by atoms with E-state index in [1.807, 2.05) is 12.1 Å². The van der Waals surface area contributed by atoms with Gasteiger partial charge in [0.2, 0.25) is 5.91 Å². The largest absolute Gasteiger partial charge is 0.366 e. The van der Waals surface area contributed by atoms with Crippen LogP contribution in [0, 0.1) is 0 Å². The summed E-state index contributed by atoms with van der Waals surface area (Å²) in [5, 5.41) is 3.59. The summed E-state index contributed by atoms with van der Waals surface area (Å²) in [7, 11) is 0. The number of fused-ring (bicyclic) bond motifs is 1. The maximum Gasteiger partial charge on any atom is 0.323 e. The summed E-state index contributed by atoms with van der Waals surface area (Å²) in [6, 6.07) is 5.33. The SMILES string of the molecule is CCc1nc(NC(=O)N2CCc3c(cccc3C(N)=O)C2)sc1C(C)(C)C. The van der Waals surface area contributed by atoms with Crippen molar-refractivity contribution in [2.75, 3.05) is 11.9 Å². The minimum absolute atomic E-state index is 0.00120. The highest BCUT2D eigenvalue weighted by molar-refractivity contribution is 7.16. The number of nitrogens with two attached hydrogens (primary N) is 1. The van der Waals surface area contributed by atoms with Crippen LogP contribution < -0.4 is 11.1 Å². The van der Waals surface area contributed by atoms with Gasteiger partial charge in [0.05, 0.1) is 5.69 Å². The lowest BCUT2D eigenvalue weighted by Gasteiger charge is -2.29. The Balaban J connectivity index is 1.76. The molecule has 1 aromatic heterocycles. The number of aromatic nitrogens is 1. The van der Waals surface area contributed by atoms with Crippen LogP contribution >= 0.6 is 11.3 Å². The lowest BCUT2D eigenvalue weighted by atomic mass is 9.93. The average molecular weight is 387 g/mol. The second kappa shape index (κ2) is 7.31. The molecular formula is C20H26N4O2S. The Morgan fingerprint density at radius 2 is 2.07 bits per heavy atom. The number of nitrogens with one attached hydrogen (secondary N) is 1. The highest BCUT2D eigenvalue weighted by atomic mass is 32.1. The van der Waals surface area contributed by atoms with Gasteiger partial charge in [-0.3, -0.25) is 10.1 Å². The molecule has 0 unspecified atom stereocenters. The van der Waals surface area contributed by atoms with Crippen LogP contribution in [0.2, 0.25) is 0 Å². The number of urea groups is 1. The molecule has 3 amide bonds. The summed E-state index contributed by atoms with van der Waals surface area (Å²) in [5.41, 5.74) is 8.97. The normalized spacial score (nSPS) is 14.0. The number of thiazole rings is 1. The van der Waals surface area contributed by atoms with Crippen molar-refractivity contribution in [3.8, 4) is 0 Å². The first-order chi connectivity index (χ1) is 12.7. The number of amides is 3. The minimum Gasteiger partial charge on any atom is -0.366 e. The van der Waals surface area contributed by atoms with Crippen molar-refractivity contribution in [3.05, 3.63) is 45.5 Å². The van der Waals surface area contributed by atoms with Gasteiger partial charge in [0.25, 0.3) is 0 Å². The van der Waals surface area contributed by atoms with E-state index in [0.29, 0.717) is 30.2 Å². The van der Waals surface area contributed by atoms with Crippen LogP contribution in [-0.4, -0.2) is 28.4 Å². The van der Waals surface area contributed by atoms with E-state index in [1.165, 1.54) is 4.88 Å². The van der Waals surface area contributed by atoms with Crippen LogP contribution in [-0.2, 0) is 24.8 Å².